The third kappa shape index (κ3) is 26.2. The molecule has 0 aromatic heterocycles. The van der Waals surface area contributed by atoms with Gasteiger partial charge in [-0.25, -0.2) is 0 Å². The molecule has 0 saturated carbocycles. The summed E-state index contributed by atoms with van der Waals surface area (Å²) in [6.45, 7) is 22.2. The molecule has 0 fully saturated rings. The number of rotatable bonds is 16. The SMILES string of the molecule is CC(C)(C)C(=O)C(C)(C)C.CC/C=C\C/C=C\C/C=C\C/C=C\C/C=C\C/C=C\CC(CC)COC(=O)C(C)(C)C. The second-order valence-electron chi connectivity index (χ2n) is 13.6. The minimum Gasteiger partial charge on any atom is -0.465 e. The number of hydrogen-bond acceptors (Lipinski definition) is 3. The summed E-state index contributed by atoms with van der Waals surface area (Å²) in [4.78, 5) is 23.3. The Morgan fingerprint density at radius 3 is 1.15 bits per heavy atom. The highest BCUT2D eigenvalue weighted by atomic mass is 16.5. The van der Waals surface area contributed by atoms with E-state index in [1.165, 1.54) is 0 Å². The molecule has 0 saturated heterocycles. The molecule has 0 N–H and O–H groups in total. The van der Waals surface area contributed by atoms with Crippen molar-refractivity contribution in [3.63, 3.8) is 0 Å². The quantitative estimate of drug-likeness (QED) is 0.137. The molecule has 0 aliphatic rings. The van der Waals surface area contributed by atoms with Crippen LogP contribution in [0.4, 0.5) is 0 Å². The van der Waals surface area contributed by atoms with Crippen molar-refractivity contribution in [3.8, 4) is 0 Å². The van der Waals surface area contributed by atoms with E-state index < -0.39 is 5.41 Å². The monoisotopic (exact) mass is 568 g/mol. The van der Waals surface area contributed by atoms with Crippen molar-refractivity contribution in [3.05, 3.63) is 72.9 Å². The zero-order valence-electron chi connectivity index (χ0n) is 28.6. The molecule has 0 aromatic rings. The molecule has 0 rings (SSSR count). The first-order chi connectivity index (χ1) is 19.1. The van der Waals surface area contributed by atoms with E-state index in [-0.39, 0.29) is 16.8 Å². The second-order valence-corrected chi connectivity index (χ2v) is 13.6. The van der Waals surface area contributed by atoms with Gasteiger partial charge in [-0.15, -0.1) is 0 Å². The molecular formula is C38H64O3. The lowest BCUT2D eigenvalue weighted by atomic mass is 9.76. The van der Waals surface area contributed by atoms with Crippen LogP contribution in [0.3, 0.4) is 0 Å². The van der Waals surface area contributed by atoms with Gasteiger partial charge in [0.25, 0.3) is 0 Å². The zero-order valence-corrected chi connectivity index (χ0v) is 28.6. The molecule has 0 aliphatic heterocycles. The number of allylic oxidation sites excluding steroid dienone is 12. The van der Waals surface area contributed by atoms with Crippen molar-refractivity contribution in [1.82, 2.24) is 0 Å². The van der Waals surface area contributed by atoms with E-state index in [1.807, 2.05) is 62.3 Å². The van der Waals surface area contributed by atoms with Gasteiger partial charge in [0.2, 0.25) is 0 Å². The minimum absolute atomic E-state index is 0.117. The number of ketones is 1. The summed E-state index contributed by atoms with van der Waals surface area (Å²) in [6, 6.07) is 0. The van der Waals surface area contributed by atoms with Crippen LogP contribution in [0.2, 0.25) is 0 Å². The molecule has 1 unspecified atom stereocenters. The summed E-state index contributed by atoms with van der Waals surface area (Å²) >= 11 is 0. The van der Waals surface area contributed by atoms with Crippen molar-refractivity contribution in [2.45, 2.75) is 128 Å². The van der Waals surface area contributed by atoms with Crippen LogP contribution in [-0.4, -0.2) is 18.4 Å². The van der Waals surface area contributed by atoms with Gasteiger partial charge >= 0.3 is 5.97 Å². The van der Waals surface area contributed by atoms with E-state index in [9.17, 15) is 9.59 Å². The number of carbonyl (C=O) groups is 2. The van der Waals surface area contributed by atoms with Gasteiger partial charge in [0.05, 0.1) is 12.0 Å². The van der Waals surface area contributed by atoms with E-state index in [0.717, 1.165) is 51.4 Å². The Kier molecular flexibility index (Phi) is 23.0. The van der Waals surface area contributed by atoms with E-state index >= 15 is 0 Å². The maximum atomic E-state index is 11.9. The molecule has 0 aliphatic carbocycles. The van der Waals surface area contributed by atoms with Crippen LogP contribution in [0.25, 0.3) is 0 Å². The molecule has 0 bridgehead atoms. The lowest BCUT2D eigenvalue weighted by Gasteiger charge is -2.26. The molecule has 234 valence electrons. The number of Topliss-reactive ketones (excluding diaryl/α,β-unsaturated/α-hetero) is 1. The molecule has 0 aromatic carbocycles. The van der Waals surface area contributed by atoms with Gasteiger partial charge < -0.3 is 4.74 Å². The van der Waals surface area contributed by atoms with Gasteiger partial charge in [-0.2, -0.15) is 0 Å². The lowest BCUT2D eigenvalue weighted by molar-refractivity contribution is -0.154. The van der Waals surface area contributed by atoms with E-state index in [1.54, 1.807) is 0 Å². The van der Waals surface area contributed by atoms with Gasteiger partial charge in [0.1, 0.15) is 5.78 Å². The standard InChI is InChI=1S/C29H46O2.C9H18O/c1-6-8-9-10-11-12-13-14-15-16-17-18-19-20-21-22-23-24-25-27(7-2)26-31-28(30)29(3,4)5;1-8(2,3)7(10)9(4,5)6/h8-9,11-12,14-15,17-18,20-21,23-24,27H,6-7,10,13,16,19,22,25-26H2,1-5H3;1-6H3/b9-8-,12-11-,15-14-,18-17-,21-20-,24-23-;. The van der Waals surface area contributed by atoms with Crippen LogP contribution in [0.15, 0.2) is 72.9 Å². The maximum Gasteiger partial charge on any atom is 0.311 e. The Hall–Kier alpha value is -2.42. The van der Waals surface area contributed by atoms with Crippen LogP contribution >= 0.6 is 0 Å². The van der Waals surface area contributed by atoms with Crippen molar-refractivity contribution in [2.75, 3.05) is 6.61 Å². The fraction of sp³-hybridized carbons (Fsp3) is 0.632. The van der Waals surface area contributed by atoms with Gasteiger partial charge in [-0.3, -0.25) is 9.59 Å². The van der Waals surface area contributed by atoms with Gasteiger partial charge in [0, 0.05) is 10.8 Å². The van der Waals surface area contributed by atoms with Crippen molar-refractivity contribution in [2.24, 2.45) is 22.2 Å². The highest BCUT2D eigenvalue weighted by Crippen LogP contribution is 2.27. The summed E-state index contributed by atoms with van der Waals surface area (Å²) in [5, 5.41) is 0. The Morgan fingerprint density at radius 1 is 0.537 bits per heavy atom. The smallest absolute Gasteiger partial charge is 0.311 e. The molecule has 0 heterocycles. The van der Waals surface area contributed by atoms with Crippen LogP contribution in [0.1, 0.15) is 128 Å². The topological polar surface area (TPSA) is 43.4 Å². The molecule has 3 heteroatoms. The number of carbonyl (C=O) groups excluding carboxylic acids is 2. The van der Waals surface area contributed by atoms with Gasteiger partial charge in [-0.1, -0.05) is 128 Å². The van der Waals surface area contributed by atoms with Crippen molar-refractivity contribution >= 4 is 11.8 Å². The largest absolute Gasteiger partial charge is 0.465 e. The third-order valence-corrected chi connectivity index (χ3v) is 6.07. The first-order valence-corrected chi connectivity index (χ1v) is 15.7. The average molecular weight is 569 g/mol. The second kappa shape index (κ2) is 23.2. The Balaban J connectivity index is 0. The highest BCUT2D eigenvalue weighted by Gasteiger charge is 2.31. The van der Waals surface area contributed by atoms with Crippen molar-refractivity contribution < 1.29 is 14.3 Å². The van der Waals surface area contributed by atoms with Gasteiger partial charge in [-0.05, 0) is 78.1 Å². The van der Waals surface area contributed by atoms with E-state index in [4.69, 9.17) is 4.74 Å². The minimum atomic E-state index is -0.424. The molecule has 0 spiro atoms. The molecular weight excluding hydrogens is 504 g/mol. The summed E-state index contributed by atoms with van der Waals surface area (Å²) in [7, 11) is 0. The fourth-order valence-corrected chi connectivity index (χ4v) is 3.70. The number of ether oxygens (including phenoxy) is 1. The third-order valence-electron chi connectivity index (χ3n) is 6.07. The predicted octanol–water partition coefficient (Wildman–Crippen LogP) is 11.3. The summed E-state index contributed by atoms with van der Waals surface area (Å²) < 4.78 is 5.44. The highest BCUT2D eigenvalue weighted by molar-refractivity contribution is 5.88. The Labute approximate surface area is 255 Å². The van der Waals surface area contributed by atoms with Crippen LogP contribution < -0.4 is 0 Å². The fourth-order valence-electron chi connectivity index (χ4n) is 3.70. The number of esters is 1. The number of hydrogen-bond donors (Lipinski definition) is 0. The van der Waals surface area contributed by atoms with Gasteiger partial charge in [0.15, 0.2) is 0 Å². The van der Waals surface area contributed by atoms with E-state index in [2.05, 4.69) is 86.8 Å². The maximum absolute atomic E-state index is 11.9. The van der Waals surface area contributed by atoms with Crippen LogP contribution in [0.5, 0.6) is 0 Å². The Bertz CT molecular complexity index is 843. The average Bonchev–Trinajstić information content (AvgIpc) is 2.87. The van der Waals surface area contributed by atoms with Crippen molar-refractivity contribution in [1.29, 1.82) is 0 Å². The van der Waals surface area contributed by atoms with Crippen LogP contribution in [0, 0.1) is 22.2 Å². The molecule has 3 nitrogen and oxygen atoms in total. The van der Waals surface area contributed by atoms with Crippen LogP contribution in [-0.2, 0) is 14.3 Å². The normalized spacial score (nSPS) is 14.1. The summed E-state index contributed by atoms with van der Waals surface area (Å²) in [6.07, 6.45) is 34.6. The molecule has 41 heavy (non-hydrogen) atoms. The zero-order chi connectivity index (χ0) is 31.8. The first kappa shape index (κ1) is 40.7. The molecule has 0 radical (unpaired) electrons. The lowest BCUT2D eigenvalue weighted by Crippen LogP contribution is -2.32. The predicted molar refractivity (Wildman–Crippen MR) is 181 cm³/mol. The molecule has 0 amide bonds. The molecule has 1 atom stereocenters. The summed E-state index contributed by atoms with van der Waals surface area (Å²) in [5.41, 5.74) is -0.816. The first-order valence-electron chi connectivity index (χ1n) is 15.7. The Morgan fingerprint density at radius 2 is 0.878 bits per heavy atom. The van der Waals surface area contributed by atoms with E-state index in [0.29, 0.717) is 18.3 Å². The summed E-state index contributed by atoms with van der Waals surface area (Å²) in [5.74, 6) is 0.601.